The van der Waals surface area contributed by atoms with Gasteiger partial charge in [0.15, 0.2) is 0 Å². The first-order chi connectivity index (χ1) is 9.81. The normalized spacial score (nSPS) is 16.7. The van der Waals surface area contributed by atoms with Crippen molar-refractivity contribution in [3.8, 4) is 0 Å². The number of rotatable bonds is 7. The maximum Gasteiger partial charge on any atom is 0.220 e. The minimum absolute atomic E-state index is 0. The van der Waals surface area contributed by atoms with E-state index in [1.165, 1.54) is 17.5 Å². The van der Waals surface area contributed by atoms with Crippen LogP contribution in [0.25, 0.3) is 0 Å². The first-order valence-corrected chi connectivity index (χ1v) is 7.86. The lowest BCUT2D eigenvalue weighted by atomic mass is 9.81. The molecule has 0 radical (unpaired) electrons. The molecular weight excluding hydrogens is 284 g/mol. The third-order valence-corrected chi connectivity index (χ3v) is 3.98. The fraction of sp³-hybridized carbons (Fsp3) is 0.588. The summed E-state index contributed by atoms with van der Waals surface area (Å²) in [5.41, 5.74) is 2.82. The quantitative estimate of drug-likeness (QED) is 0.760. The van der Waals surface area contributed by atoms with Gasteiger partial charge in [-0.25, -0.2) is 0 Å². The Morgan fingerprint density at radius 3 is 2.86 bits per heavy atom. The topological polar surface area (TPSA) is 41.1 Å². The molecule has 0 saturated heterocycles. The molecule has 0 bridgehead atoms. The first-order valence-electron chi connectivity index (χ1n) is 7.86. The van der Waals surface area contributed by atoms with E-state index in [1.54, 1.807) is 0 Å². The average Bonchev–Trinajstić information content (AvgIpc) is 2.47. The van der Waals surface area contributed by atoms with E-state index >= 15 is 0 Å². The highest BCUT2D eigenvalue weighted by Gasteiger charge is 2.21. The van der Waals surface area contributed by atoms with Crippen molar-refractivity contribution in [1.29, 1.82) is 0 Å². The highest BCUT2D eigenvalue weighted by atomic mass is 35.5. The second-order valence-corrected chi connectivity index (χ2v) is 5.59. The lowest BCUT2D eigenvalue weighted by molar-refractivity contribution is -0.121. The molecule has 3 nitrogen and oxygen atoms in total. The van der Waals surface area contributed by atoms with Crippen LogP contribution in [0.1, 0.15) is 49.7 Å². The second-order valence-electron chi connectivity index (χ2n) is 5.59. The summed E-state index contributed by atoms with van der Waals surface area (Å²) in [6, 6.07) is 8.58. The van der Waals surface area contributed by atoms with Gasteiger partial charge in [-0.3, -0.25) is 4.79 Å². The van der Waals surface area contributed by atoms with Crippen LogP contribution < -0.4 is 10.6 Å². The zero-order valence-corrected chi connectivity index (χ0v) is 13.7. The van der Waals surface area contributed by atoms with Gasteiger partial charge in [-0.05, 0) is 49.3 Å². The predicted octanol–water partition coefficient (Wildman–Crippen LogP) is 3.03. The Kier molecular flexibility index (Phi) is 8.40. The summed E-state index contributed by atoms with van der Waals surface area (Å²) in [4.78, 5) is 12.0. The SMILES string of the molecule is CCCNCCNC(=O)CC1CCCc2ccccc21.Cl. The van der Waals surface area contributed by atoms with Gasteiger partial charge in [0.05, 0.1) is 0 Å². The van der Waals surface area contributed by atoms with E-state index in [-0.39, 0.29) is 18.3 Å². The standard InChI is InChI=1S/C17H26N2O.ClH/c1-2-10-18-11-12-19-17(20)13-15-8-5-7-14-6-3-4-9-16(14)15;/h3-4,6,9,15,18H,2,5,7-8,10-13H2,1H3,(H,19,20);1H. The molecule has 1 unspecified atom stereocenters. The number of carbonyl (C=O) groups is 1. The van der Waals surface area contributed by atoms with Gasteiger partial charge >= 0.3 is 0 Å². The molecule has 1 aromatic rings. The number of hydrogen-bond acceptors (Lipinski definition) is 2. The number of nitrogens with one attached hydrogen (secondary N) is 2. The van der Waals surface area contributed by atoms with Crippen LogP contribution in [-0.2, 0) is 11.2 Å². The molecule has 1 aliphatic rings. The number of hydrogen-bond donors (Lipinski definition) is 2. The zero-order chi connectivity index (χ0) is 14.2. The zero-order valence-electron chi connectivity index (χ0n) is 12.9. The number of benzene rings is 1. The maximum absolute atomic E-state index is 12.0. The van der Waals surface area contributed by atoms with Crippen molar-refractivity contribution in [1.82, 2.24) is 10.6 Å². The summed E-state index contributed by atoms with van der Waals surface area (Å²) < 4.78 is 0. The van der Waals surface area contributed by atoms with Crippen molar-refractivity contribution in [3.05, 3.63) is 35.4 Å². The van der Waals surface area contributed by atoms with Crippen molar-refractivity contribution in [2.45, 2.75) is 44.9 Å². The highest BCUT2D eigenvalue weighted by Crippen LogP contribution is 2.33. The monoisotopic (exact) mass is 310 g/mol. The molecule has 2 N–H and O–H groups in total. The molecule has 0 fully saturated rings. The van der Waals surface area contributed by atoms with Crippen LogP contribution in [-0.4, -0.2) is 25.5 Å². The van der Waals surface area contributed by atoms with Crippen LogP contribution in [0.4, 0.5) is 0 Å². The van der Waals surface area contributed by atoms with E-state index < -0.39 is 0 Å². The third-order valence-electron chi connectivity index (χ3n) is 3.98. The second kappa shape index (κ2) is 9.80. The van der Waals surface area contributed by atoms with E-state index in [0.29, 0.717) is 12.3 Å². The summed E-state index contributed by atoms with van der Waals surface area (Å²) in [6.45, 7) is 4.76. The van der Waals surface area contributed by atoms with Gasteiger partial charge in [0.25, 0.3) is 0 Å². The van der Waals surface area contributed by atoms with Crippen LogP contribution in [0.3, 0.4) is 0 Å². The van der Waals surface area contributed by atoms with Crippen LogP contribution in [0, 0.1) is 0 Å². The largest absolute Gasteiger partial charge is 0.355 e. The minimum Gasteiger partial charge on any atom is -0.355 e. The van der Waals surface area contributed by atoms with Crippen molar-refractivity contribution in [2.75, 3.05) is 19.6 Å². The van der Waals surface area contributed by atoms with Crippen LogP contribution >= 0.6 is 12.4 Å². The van der Waals surface area contributed by atoms with Crippen LogP contribution in [0.5, 0.6) is 0 Å². The Morgan fingerprint density at radius 1 is 1.24 bits per heavy atom. The number of amides is 1. The molecular formula is C17H27ClN2O. The van der Waals surface area contributed by atoms with Gasteiger partial charge in [0.1, 0.15) is 0 Å². The average molecular weight is 311 g/mol. The van der Waals surface area contributed by atoms with E-state index in [9.17, 15) is 4.79 Å². The smallest absolute Gasteiger partial charge is 0.220 e. The van der Waals surface area contributed by atoms with E-state index in [2.05, 4.69) is 41.8 Å². The molecule has 1 aromatic carbocycles. The Morgan fingerprint density at radius 2 is 2.05 bits per heavy atom. The fourth-order valence-corrected chi connectivity index (χ4v) is 2.95. The molecule has 0 aromatic heterocycles. The van der Waals surface area contributed by atoms with Crippen molar-refractivity contribution < 1.29 is 4.79 Å². The van der Waals surface area contributed by atoms with Crippen molar-refractivity contribution >= 4 is 18.3 Å². The Labute approximate surface area is 134 Å². The Balaban J connectivity index is 0.00000220. The molecule has 1 amide bonds. The molecule has 0 heterocycles. The predicted molar refractivity (Wildman–Crippen MR) is 90.2 cm³/mol. The highest BCUT2D eigenvalue weighted by molar-refractivity contribution is 5.85. The summed E-state index contributed by atoms with van der Waals surface area (Å²) in [5.74, 6) is 0.591. The van der Waals surface area contributed by atoms with Gasteiger partial charge in [0, 0.05) is 19.5 Å². The van der Waals surface area contributed by atoms with Gasteiger partial charge in [0.2, 0.25) is 5.91 Å². The van der Waals surface area contributed by atoms with Gasteiger partial charge < -0.3 is 10.6 Å². The molecule has 118 valence electrons. The molecule has 0 aliphatic heterocycles. The van der Waals surface area contributed by atoms with E-state index in [1.807, 2.05) is 0 Å². The van der Waals surface area contributed by atoms with Gasteiger partial charge in [-0.2, -0.15) is 0 Å². The number of carbonyl (C=O) groups excluding carboxylic acids is 1. The van der Waals surface area contributed by atoms with Gasteiger partial charge in [-0.15, -0.1) is 12.4 Å². The lowest BCUT2D eigenvalue weighted by Gasteiger charge is -2.25. The lowest BCUT2D eigenvalue weighted by Crippen LogP contribution is -2.33. The summed E-state index contributed by atoms with van der Waals surface area (Å²) in [6.07, 6.45) is 5.26. The first kappa shape index (κ1) is 18.0. The summed E-state index contributed by atoms with van der Waals surface area (Å²) in [7, 11) is 0. The van der Waals surface area contributed by atoms with Gasteiger partial charge in [-0.1, -0.05) is 31.2 Å². The van der Waals surface area contributed by atoms with E-state index in [4.69, 9.17) is 0 Å². The maximum atomic E-state index is 12.0. The van der Waals surface area contributed by atoms with Crippen LogP contribution in [0.15, 0.2) is 24.3 Å². The summed E-state index contributed by atoms with van der Waals surface area (Å²) in [5, 5.41) is 6.31. The van der Waals surface area contributed by atoms with Crippen LogP contribution in [0.2, 0.25) is 0 Å². The number of halogens is 1. The van der Waals surface area contributed by atoms with Crippen molar-refractivity contribution in [3.63, 3.8) is 0 Å². The Bertz CT molecular complexity index is 437. The Hall–Kier alpha value is -1.06. The molecule has 4 heteroatoms. The van der Waals surface area contributed by atoms with Crippen molar-refractivity contribution in [2.24, 2.45) is 0 Å². The molecule has 1 aliphatic carbocycles. The number of aryl methyl sites for hydroxylation is 1. The molecule has 1 atom stereocenters. The third kappa shape index (κ3) is 5.68. The molecule has 21 heavy (non-hydrogen) atoms. The van der Waals surface area contributed by atoms with E-state index in [0.717, 1.165) is 38.9 Å². The summed E-state index contributed by atoms with van der Waals surface area (Å²) >= 11 is 0. The minimum atomic E-state index is 0. The fourth-order valence-electron chi connectivity index (χ4n) is 2.95. The number of fused-ring (bicyclic) bond motifs is 1. The molecule has 0 spiro atoms. The molecule has 0 saturated carbocycles. The molecule has 2 rings (SSSR count).